The second kappa shape index (κ2) is 8.05. The highest BCUT2D eigenvalue weighted by Crippen LogP contribution is 2.42. The molecular formula is C33H28. The van der Waals surface area contributed by atoms with Gasteiger partial charge in [-0.3, -0.25) is 0 Å². The van der Waals surface area contributed by atoms with Crippen molar-refractivity contribution in [1.29, 1.82) is 0 Å². The van der Waals surface area contributed by atoms with Crippen LogP contribution < -0.4 is 0 Å². The van der Waals surface area contributed by atoms with Crippen molar-refractivity contribution in [2.24, 2.45) is 0 Å². The third-order valence-electron chi connectivity index (χ3n) is 7.36. The standard InChI is InChI=1S/C33H28/c1-33(19-6-3-7-20-33)28-16-13-24(14-17-28)21-25-15-18-30-27(22-25)23-32-29(11-8-12-31(30)32)26-9-4-2-5-10-26/h2-19,22H,20-21,23H2,1H3. The van der Waals surface area contributed by atoms with Crippen molar-refractivity contribution in [2.75, 3.05) is 0 Å². The molecule has 4 aromatic carbocycles. The van der Waals surface area contributed by atoms with Crippen LogP contribution in [0.5, 0.6) is 0 Å². The van der Waals surface area contributed by atoms with Crippen LogP contribution in [-0.4, -0.2) is 0 Å². The van der Waals surface area contributed by atoms with Gasteiger partial charge in [0.1, 0.15) is 0 Å². The Bertz CT molecular complexity index is 1370. The second-order valence-corrected chi connectivity index (χ2v) is 9.65. The van der Waals surface area contributed by atoms with E-state index in [0.717, 1.165) is 19.3 Å². The zero-order valence-corrected chi connectivity index (χ0v) is 19.1. The zero-order chi connectivity index (χ0) is 22.3. The molecule has 0 spiro atoms. The maximum atomic E-state index is 2.42. The van der Waals surface area contributed by atoms with E-state index < -0.39 is 0 Å². The average Bonchev–Trinajstić information content (AvgIpc) is 3.23. The van der Waals surface area contributed by atoms with E-state index in [1.165, 1.54) is 50.1 Å². The molecule has 0 fully saturated rings. The molecule has 0 N–H and O–H groups in total. The van der Waals surface area contributed by atoms with Gasteiger partial charge in [0.05, 0.1) is 0 Å². The van der Waals surface area contributed by atoms with Gasteiger partial charge in [-0.05, 0) is 69.3 Å². The third-order valence-corrected chi connectivity index (χ3v) is 7.36. The van der Waals surface area contributed by atoms with Crippen molar-refractivity contribution in [2.45, 2.75) is 31.6 Å². The summed E-state index contributed by atoms with van der Waals surface area (Å²) in [6.07, 6.45) is 12.0. The number of rotatable bonds is 4. The first-order valence-corrected chi connectivity index (χ1v) is 11.9. The molecule has 4 aromatic rings. The van der Waals surface area contributed by atoms with E-state index in [0.29, 0.717) is 0 Å². The summed E-state index contributed by atoms with van der Waals surface area (Å²) in [6, 6.07) is 33.8. The molecule has 0 aliphatic heterocycles. The number of hydrogen-bond donors (Lipinski definition) is 0. The van der Waals surface area contributed by atoms with Crippen LogP contribution in [0.25, 0.3) is 22.3 Å². The van der Waals surface area contributed by atoms with Crippen LogP contribution in [0.15, 0.2) is 115 Å². The van der Waals surface area contributed by atoms with Gasteiger partial charge in [0.25, 0.3) is 0 Å². The smallest absolute Gasteiger partial charge is 0.0141 e. The molecule has 0 saturated carbocycles. The summed E-state index contributed by atoms with van der Waals surface area (Å²) in [7, 11) is 0. The van der Waals surface area contributed by atoms with Crippen LogP contribution in [0.2, 0.25) is 0 Å². The van der Waals surface area contributed by atoms with Crippen LogP contribution in [0, 0.1) is 0 Å². The Balaban J connectivity index is 1.25. The first-order valence-electron chi connectivity index (χ1n) is 11.9. The minimum absolute atomic E-state index is 0.114. The van der Waals surface area contributed by atoms with E-state index in [9.17, 15) is 0 Å². The quantitative estimate of drug-likeness (QED) is 0.272. The van der Waals surface area contributed by atoms with Crippen molar-refractivity contribution in [3.05, 3.63) is 143 Å². The van der Waals surface area contributed by atoms with Gasteiger partial charge in [-0.2, -0.15) is 0 Å². The Morgan fingerprint density at radius 3 is 2.27 bits per heavy atom. The van der Waals surface area contributed by atoms with Crippen molar-refractivity contribution in [1.82, 2.24) is 0 Å². The van der Waals surface area contributed by atoms with Crippen LogP contribution in [0.3, 0.4) is 0 Å². The van der Waals surface area contributed by atoms with Gasteiger partial charge in [-0.25, -0.2) is 0 Å². The molecule has 1 atom stereocenters. The Morgan fingerprint density at radius 1 is 0.697 bits per heavy atom. The lowest BCUT2D eigenvalue weighted by molar-refractivity contribution is 0.599. The van der Waals surface area contributed by atoms with Gasteiger partial charge in [-0.1, -0.05) is 122 Å². The summed E-state index contributed by atoms with van der Waals surface area (Å²) in [5.74, 6) is 0. The van der Waals surface area contributed by atoms with Crippen molar-refractivity contribution in [3.63, 3.8) is 0 Å². The van der Waals surface area contributed by atoms with Gasteiger partial charge >= 0.3 is 0 Å². The summed E-state index contributed by atoms with van der Waals surface area (Å²) in [5, 5.41) is 0. The van der Waals surface area contributed by atoms with E-state index in [1.807, 2.05) is 0 Å². The predicted octanol–water partition coefficient (Wildman–Crippen LogP) is 8.29. The minimum atomic E-state index is 0.114. The maximum Gasteiger partial charge on any atom is 0.0141 e. The molecule has 1 unspecified atom stereocenters. The van der Waals surface area contributed by atoms with Crippen LogP contribution in [0.1, 0.15) is 41.2 Å². The lowest BCUT2D eigenvalue weighted by Gasteiger charge is -2.27. The summed E-state index contributed by atoms with van der Waals surface area (Å²) in [4.78, 5) is 0. The van der Waals surface area contributed by atoms with E-state index in [-0.39, 0.29) is 5.41 Å². The van der Waals surface area contributed by atoms with Gasteiger partial charge in [0.2, 0.25) is 0 Å². The number of benzene rings is 4. The SMILES string of the molecule is CC1(c2ccc(Cc3ccc4c(c3)Cc3c(-c5ccccc5)cccc3-4)cc2)C=CC=CC1. The van der Waals surface area contributed by atoms with E-state index >= 15 is 0 Å². The second-order valence-electron chi connectivity index (χ2n) is 9.65. The van der Waals surface area contributed by atoms with Gasteiger partial charge in [-0.15, -0.1) is 0 Å². The molecule has 0 heterocycles. The first kappa shape index (κ1) is 20.0. The fourth-order valence-electron chi connectivity index (χ4n) is 5.45. The number of fused-ring (bicyclic) bond motifs is 3. The lowest BCUT2D eigenvalue weighted by atomic mass is 9.77. The van der Waals surface area contributed by atoms with Crippen molar-refractivity contribution < 1.29 is 0 Å². The Labute approximate surface area is 196 Å². The van der Waals surface area contributed by atoms with E-state index in [2.05, 4.69) is 122 Å². The monoisotopic (exact) mass is 424 g/mol. The molecule has 6 rings (SSSR count). The molecule has 0 radical (unpaired) electrons. The molecule has 0 saturated heterocycles. The predicted molar refractivity (Wildman–Crippen MR) is 140 cm³/mol. The van der Waals surface area contributed by atoms with Crippen molar-refractivity contribution >= 4 is 0 Å². The molecule has 160 valence electrons. The average molecular weight is 425 g/mol. The van der Waals surface area contributed by atoms with Crippen molar-refractivity contribution in [3.8, 4) is 22.3 Å². The molecule has 0 amide bonds. The number of hydrogen-bond acceptors (Lipinski definition) is 0. The summed E-state index contributed by atoms with van der Waals surface area (Å²) >= 11 is 0. The highest BCUT2D eigenvalue weighted by Gasteiger charge is 2.24. The molecular weight excluding hydrogens is 396 g/mol. The summed E-state index contributed by atoms with van der Waals surface area (Å²) in [6.45, 7) is 2.32. The Kier molecular flexibility index (Phi) is 4.88. The third kappa shape index (κ3) is 3.66. The Morgan fingerprint density at radius 2 is 1.48 bits per heavy atom. The fraction of sp³-hybridized carbons (Fsp3) is 0.152. The van der Waals surface area contributed by atoms with Gasteiger partial charge in [0, 0.05) is 5.41 Å². The molecule has 33 heavy (non-hydrogen) atoms. The van der Waals surface area contributed by atoms with Crippen LogP contribution >= 0.6 is 0 Å². The highest BCUT2D eigenvalue weighted by molar-refractivity contribution is 5.84. The van der Waals surface area contributed by atoms with E-state index in [4.69, 9.17) is 0 Å². The van der Waals surface area contributed by atoms with Crippen LogP contribution in [0.4, 0.5) is 0 Å². The summed E-state index contributed by atoms with van der Waals surface area (Å²) in [5.41, 5.74) is 12.6. The molecule has 0 heteroatoms. The van der Waals surface area contributed by atoms with Gasteiger partial charge < -0.3 is 0 Å². The maximum absolute atomic E-state index is 2.42. The lowest BCUT2D eigenvalue weighted by Crippen LogP contribution is -2.19. The molecule has 0 aromatic heterocycles. The molecule has 2 aliphatic rings. The van der Waals surface area contributed by atoms with Gasteiger partial charge in [0.15, 0.2) is 0 Å². The molecule has 0 nitrogen and oxygen atoms in total. The van der Waals surface area contributed by atoms with Crippen LogP contribution in [-0.2, 0) is 18.3 Å². The number of allylic oxidation sites excluding steroid dienone is 4. The first-order chi connectivity index (χ1) is 16.2. The minimum Gasteiger partial charge on any atom is -0.0834 e. The highest BCUT2D eigenvalue weighted by atomic mass is 14.3. The normalized spacial score (nSPS) is 18.2. The largest absolute Gasteiger partial charge is 0.0834 e. The topological polar surface area (TPSA) is 0 Å². The van der Waals surface area contributed by atoms with E-state index in [1.54, 1.807) is 0 Å². The fourth-order valence-corrected chi connectivity index (χ4v) is 5.45. The molecule has 0 bridgehead atoms. The zero-order valence-electron chi connectivity index (χ0n) is 19.1. The molecule has 2 aliphatic carbocycles. The summed E-state index contributed by atoms with van der Waals surface area (Å²) < 4.78 is 0. The Hall–Kier alpha value is -3.64.